The second kappa shape index (κ2) is 2.35. The van der Waals surface area contributed by atoms with Crippen LogP contribution in [0, 0.1) is 0 Å². The normalized spacial score (nSPS) is 32.1. The van der Waals surface area contributed by atoms with Crippen molar-refractivity contribution >= 4 is 5.97 Å². The number of epoxide rings is 1. The fourth-order valence-electron chi connectivity index (χ4n) is 0.864. The summed E-state index contributed by atoms with van der Waals surface area (Å²) in [6.45, 7) is 2.01. The molecule has 1 N–H and O–H groups in total. The molecule has 3 nitrogen and oxygen atoms in total. The zero-order valence-corrected chi connectivity index (χ0v) is 5.33. The Hall–Kier alpha value is -0.570. The largest absolute Gasteiger partial charge is 0.479 e. The van der Waals surface area contributed by atoms with Gasteiger partial charge in [-0.25, -0.2) is 4.79 Å². The maximum Gasteiger partial charge on any atom is 0.335 e. The second-order valence-electron chi connectivity index (χ2n) is 2.22. The van der Waals surface area contributed by atoms with Gasteiger partial charge in [0.05, 0.1) is 6.10 Å². The first-order valence-corrected chi connectivity index (χ1v) is 3.14. The molecular weight excluding hydrogens is 120 g/mol. The van der Waals surface area contributed by atoms with E-state index in [1.165, 1.54) is 0 Å². The number of hydrogen-bond donors (Lipinski definition) is 1. The highest BCUT2D eigenvalue weighted by atomic mass is 16.6. The van der Waals surface area contributed by atoms with Crippen LogP contribution in [0.25, 0.3) is 0 Å². The number of carbonyl (C=O) groups is 1. The molecule has 0 bridgehead atoms. The third kappa shape index (κ3) is 1.42. The Kier molecular flexibility index (Phi) is 1.71. The SMILES string of the molecule is CCC[C@H]1O[C@H]1C(=O)O. The van der Waals surface area contributed by atoms with Crippen molar-refractivity contribution in [1.29, 1.82) is 0 Å². The summed E-state index contributed by atoms with van der Waals surface area (Å²) < 4.78 is 4.82. The Morgan fingerprint density at radius 1 is 1.78 bits per heavy atom. The summed E-state index contributed by atoms with van der Waals surface area (Å²) >= 11 is 0. The van der Waals surface area contributed by atoms with Crippen molar-refractivity contribution in [2.75, 3.05) is 0 Å². The minimum Gasteiger partial charge on any atom is -0.479 e. The van der Waals surface area contributed by atoms with E-state index in [0.717, 1.165) is 12.8 Å². The van der Waals surface area contributed by atoms with E-state index in [2.05, 4.69) is 0 Å². The molecule has 0 amide bonds. The Balaban J connectivity index is 2.17. The average Bonchev–Trinajstić information content (AvgIpc) is 2.47. The van der Waals surface area contributed by atoms with Crippen LogP contribution in [0.3, 0.4) is 0 Å². The summed E-state index contributed by atoms with van der Waals surface area (Å²) in [5.74, 6) is -0.826. The van der Waals surface area contributed by atoms with E-state index >= 15 is 0 Å². The van der Waals surface area contributed by atoms with Crippen molar-refractivity contribution in [2.24, 2.45) is 0 Å². The molecule has 2 atom stereocenters. The van der Waals surface area contributed by atoms with Gasteiger partial charge in [-0.1, -0.05) is 13.3 Å². The van der Waals surface area contributed by atoms with Crippen LogP contribution in [0.1, 0.15) is 19.8 Å². The molecule has 0 aliphatic carbocycles. The van der Waals surface area contributed by atoms with E-state index in [1.54, 1.807) is 0 Å². The molecule has 0 aromatic carbocycles. The van der Waals surface area contributed by atoms with Crippen LogP contribution in [0.5, 0.6) is 0 Å². The summed E-state index contributed by atoms with van der Waals surface area (Å²) in [7, 11) is 0. The lowest BCUT2D eigenvalue weighted by Gasteiger charge is -1.83. The van der Waals surface area contributed by atoms with Gasteiger partial charge in [0.25, 0.3) is 0 Å². The minimum atomic E-state index is -0.826. The zero-order chi connectivity index (χ0) is 6.85. The summed E-state index contributed by atoms with van der Waals surface area (Å²) in [6, 6.07) is 0. The van der Waals surface area contributed by atoms with Gasteiger partial charge in [-0.05, 0) is 6.42 Å². The highest BCUT2D eigenvalue weighted by molar-refractivity contribution is 5.75. The van der Waals surface area contributed by atoms with Gasteiger partial charge in [0.2, 0.25) is 0 Å². The number of carboxylic acid groups (broad SMARTS) is 1. The first-order chi connectivity index (χ1) is 4.25. The molecule has 1 aliphatic rings. The highest BCUT2D eigenvalue weighted by Crippen LogP contribution is 2.26. The molecule has 1 rings (SSSR count). The van der Waals surface area contributed by atoms with Gasteiger partial charge in [0, 0.05) is 0 Å². The van der Waals surface area contributed by atoms with Gasteiger partial charge in [-0.15, -0.1) is 0 Å². The molecule has 0 aromatic rings. The molecule has 9 heavy (non-hydrogen) atoms. The summed E-state index contributed by atoms with van der Waals surface area (Å²) in [5.41, 5.74) is 0. The van der Waals surface area contributed by atoms with Crippen molar-refractivity contribution < 1.29 is 14.6 Å². The Bertz CT molecular complexity index is 121. The zero-order valence-electron chi connectivity index (χ0n) is 5.33. The van der Waals surface area contributed by atoms with Crippen molar-refractivity contribution in [3.63, 3.8) is 0 Å². The Labute approximate surface area is 53.6 Å². The van der Waals surface area contributed by atoms with Crippen molar-refractivity contribution in [2.45, 2.75) is 32.0 Å². The minimum absolute atomic E-state index is 0.00694. The molecular formula is C6H10O3. The molecule has 0 radical (unpaired) electrons. The molecule has 0 aromatic heterocycles. The first-order valence-electron chi connectivity index (χ1n) is 3.14. The summed E-state index contributed by atoms with van der Waals surface area (Å²) in [5, 5.41) is 8.33. The molecule has 3 heteroatoms. The number of hydrogen-bond acceptors (Lipinski definition) is 2. The van der Waals surface area contributed by atoms with E-state index in [-0.39, 0.29) is 6.10 Å². The van der Waals surface area contributed by atoms with Crippen molar-refractivity contribution in [3.8, 4) is 0 Å². The van der Waals surface area contributed by atoms with E-state index in [4.69, 9.17) is 9.84 Å². The maximum atomic E-state index is 10.1. The fourth-order valence-corrected chi connectivity index (χ4v) is 0.864. The Morgan fingerprint density at radius 3 is 2.78 bits per heavy atom. The average molecular weight is 130 g/mol. The second-order valence-corrected chi connectivity index (χ2v) is 2.22. The van der Waals surface area contributed by atoms with E-state index in [9.17, 15) is 4.79 Å². The van der Waals surface area contributed by atoms with Gasteiger partial charge in [-0.3, -0.25) is 0 Å². The lowest BCUT2D eigenvalue weighted by atomic mass is 10.2. The fraction of sp³-hybridized carbons (Fsp3) is 0.833. The number of aliphatic carboxylic acids is 1. The predicted molar refractivity (Wildman–Crippen MR) is 31.2 cm³/mol. The quantitative estimate of drug-likeness (QED) is 0.570. The lowest BCUT2D eigenvalue weighted by molar-refractivity contribution is -0.138. The Morgan fingerprint density at radius 2 is 2.44 bits per heavy atom. The third-order valence-electron chi connectivity index (χ3n) is 1.40. The monoisotopic (exact) mass is 130 g/mol. The van der Waals surface area contributed by atoms with Gasteiger partial charge in [0.15, 0.2) is 6.10 Å². The molecule has 0 unspecified atom stereocenters. The number of rotatable bonds is 3. The van der Waals surface area contributed by atoms with Crippen LogP contribution < -0.4 is 0 Å². The van der Waals surface area contributed by atoms with Gasteiger partial charge < -0.3 is 9.84 Å². The third-order valence-corrected chi connectivity index (χ3v) is 1.40. The molecule has 0 spiro atoms. The van der Waals surface area contributed by atoms with Crippen LogP contribution in [-0.4, -0.2) is 23.3 Å². The molecule has 52 valence electrons. The molecule has 1 aliphatic heterocycles. The van der Waals surface area contributed by atoms with Gasteiger partial charge in [0.1, 0.15) is 0 Å². The van der Waals surface area contributed by atoms with Crippen molar-refractivity contribution in [1.82, 2.24) is 0 Å². The molecule has 1 heterocycles. The van der Waals surface area contributed by atoms with Crippen LogP contribution in [0.15, 0.2) is 0 Å². The molecule has 1 saturated heterocycles. The van der Waals surface area contributed by atoms with Gasteiger partial charge >= 0.3 is 5.97 Å². The number of carboxylic acids is 1. The van der Waals surface area contributed by atoms with E-state index in [1.807, 2.05) is 6.92 Å². The number of ether oxygens (including phenoxy) is 1. The smallest absolute Gasteiger partial charge is 0.335 e. The van der Waals surface area contributed by atoms with Crippen LogP contribution >= 0.6 is 0 Å². The maximum absolute atomic E-state index is 10.1. The van der Waals surface area contributed by atoms with Crippen molar-refractivity contribution in [3.05, 3.63) is 0 Å². The highest BCUT2D eigenvalue weighted by Gasteiger charge is 2.43. The first kappa shape index (κ1) is 6.55. The summed E-state index contributed by atoms with van der Waals surface area (Å²) in [4.78, 5) is 10.1. The molecule has 0 saturated carbocycles. The van der Waals surface area contributed by atoms with Crippen LogP contribution in [0.2, 0.25) is 0 Å². The van der Waals surface area contributed by atoms with Crippen LogP contribution in [-0.2, 0) is 9.53 Å². The topological polar surface area (TPSA) is 49.8 Å². The predicted octanol–water partition coefficient (Wildman–Crippen LogP) is 0.639. The molecule has 1 fully saturated rings. The van der Waals surface area contributed by atoms with Crippen LogP contribution in [0.4, 0.5) is 0 Å². The standard InChI is InChI=1S/C6H10O3/c1-2-3-4-5(9-4)6(7)8/h4-5H,2-3H2,1H3,(H,7,8)/t4-,5-/m1/s1. The van der Waals surface area contributed by atoms with E-state index < -0.39 is 12.1 Å². The van der Waals surface area contributed by atoms with E-state index in [0.29, 0.717) is 0 Å². The lowest BCUT2D eigenvalue weighted by Crippen LogP contribution is -2.07. The summed E-state index contributed by atoms with van der Waals surface area (Å²) in [6.07, 6.45) is 1.38. The van der Waals surface area contributed by atoms with Gasteiger partial charge in [-0.2, -0.15) is 0 Å².